The number of rotatable bonds is 6. The lowest BCUT2D eigenvalue weighted by Crippen LogP contribution is -2.26. The molecular weight excluding hydrogens is 270 g/mol. The molecule has 0 aromatic heterocycles. The number of nitrogens with one attached hydrogen (secondary N) is 1. The Morgan fingerprint density at radius 1 is 1.10 bits per heavy atom. The highest BCUT2D eigenvalue weighted by Crippen LogP contribution is 2.15. The average molecular weight is 290 g/mol. The molecule has 0 bridgehead atoms. The molecule has 2 aromatic carbocycles. The molecule has 2 rings (SSSR count). The zero-order valence-corrected chi connectivity index (χ0v) is 12.4. The van der Waals surface area contributed by atoms with Crippen molar-refractivity contribution in [1.82, 2.24) is 5.32 Å². The molecule has 20 heavy (non-hydrogen) atoms. The minimum Gasteiger partial charge on any atom is -0.508 e. The van der Waals surface area contributed by atoms with Gasteiger partial charge in [-0.05, 0) is 49.1 Å². The Balaban J connectivity index is 1.77. The van der Waals surface area contributed by atoms with Gasteiger partial charge in [0.2, 0.25) is 0 Å². The van der Waals surface area contributed by atoms with Gasteiger partial charge in [-0.25, -0.2) is 0 Å². The zero-order valence-electron chi connectivity index (χ0n) is 11.6. The Labute approximate surface area is 125 Å². The van der Waals surface area contributed by atoms with Crippen LogP contribution in [0.1, 0.15) is 24.5 Å². The summed E-state index contributed by atoms with van der Waals surface area (Å²) in [6, 6.07) is 15.7. The minimum atomic E-state index is 0.318. The second kappa shape index (κ2) is 7.32. The van der Waals surface area contributed by atoms with Crippen LogP contribution in [0.25, 0.3) is 0 Å². The summed E-state index contributed by atoms with van der Waals surface area (Å²) in [4.78, 5) is 0. The highest BCUT2D eigenvalue weighted by molar-refractivity contribution is 6.31. The number of hydrogen-bond acceptors (Lipinski definition) is 2. The first-order chi connectivity index (χ1) is 9.65. The van der Waals surface area contributed by atoms with Gasteiger partial charge in [0.1, 0.15) is 5.75 Å². The summed E-state index contributed by atoms with van der Waals surface area (Å²) < 4.78 is 0. The van der Waals surface area contributed by atoms with Crippen LogP contribution in [-0.2, 0) is 13.0 Å². The van der Waals surface area contributed by atoms with Gasteiger partial charge in [0, 0.05) is 17.6 Å². The lowest BCUT2D eigenvalue weighted by atomic mass is 10.1. The fourth-order valence-electron chi connectivity index (χ4n) is 2.07. The third kappa shape index (κ3) is 4.55. The Morgan fingerprint density at radius 2 is 1.80 bits per heavy atom. The van der Waals surface area contributed by atoms with Gasteiger partial charge in [0.15, 0.2) is 0 Å². The first-order valence-electron chi connectivity index (χ1n) is 6.90. The summed E-state index contributed by atoms with van der Waals surface area (Å²) in [5, 5.41) is 13.5. The lowest BCUT2D eigenvalue weighted by molar-refractivity contribution is 0.474. The first-order valence-corrected chi connectivity index (χ1v) is 7.27. The molecule has 2 aromatic rings. The van der Waals surface area contributed by atoms with Gasteiger partial charge < -0.3 is 10.4 Å². The van der Waals surface area contributed by atoms with Crippen LogP contribution in [0.3, 0.4) is 0 Å². The van der Waals surface area contributed by atoms with Crippen molar-refractivity contribution in [3.05, 3.63) is 64.7 Å². The first kappa shape index (κ1) is 14.9. The maximum atomic E-state index is 9.25. The van der Waals surface area contributed by atoms with Crippen LogP contribution in [0.2, 0.25) is 5.02 Å². The minimum absolute atomic E-state index is 0.318. The largest absolute Gasteiger partial charge is 0.508 e. The molecule has 0 heterocycles. The van der Waals surface area contributed by atoms with E-state index in [0.717, 1.165) is 30.0 Å². The summed E-state index contributed by atoms with van der Waals surface area (Å²) in [5.74, 6) is 0.318. The van der Waals surface area contributed by atoms with Crippen molar-refractivity contribution in [3.8, 4) is 5.75 Å². The van der Waals surface area contributed by atoms with Crippen LogP contribution in [0.5, 0.6) is 5.75 Å². The molecule has 0 amide bonds. The molecule has 0 aliphatic carbocycles. The van der Waals surface area contributed by atoms with Crippen LogP contribution in [0, 0.1) is 0 Å². The van der Waals surface area contributed by atoms with Crippen molar-refractivity contribution in [2.24, 2.45) is 0 Å². The molecule has 0 radical (unpaired) electrons. The van der Waals surface area contributed by atoms with E-state index in [0.29, 0.717) is 11.8 Å². The van der Waals surface area contributed by atoms with Gasteiger partial charge in [-0.3, -0.25) is 0 Å². The number of phenolic OH excluding ortho intramolecular Hbond substituents is 1. The molecule has 0 aliphatic rings. The zero-order chi connectivity index (χ0) is 14.4. The fraction of sp³-hybridized carbons (Fsp3) is 0.294. The number of phenols is 1. The Bertz CT molecular complexity index is 539. The molecule has 2 N–H and O–H groups in total. The summed E-state index contributed by atoms with van der Waals surface area (Å²) in [5.41, 5.74) is 2.37. The van der Waals surface area contributed by atoms with Gasteiger partial charge in [-0.2, -0.15) is 0 Å². The third-order valence-electron chi connectivity index (χ3n) is 3.40. The number of halogens is 1. The van der Waals surface area contributed by atoms with Crippen LogP contribution in [0.4, 0.5) is 0 Å². The Kier molecular flexibility index (Phi) is 5.45. The van der Waals surface area contributed by atoms with E-state index in [1.165, 1.54) is 5.56 Å². The molecule has 0 saturated carbocycles. The number of benzene rings is 2. The van der Waals surface area contributed by atoms with E-state index in [1.54, 1.807) is 12.1 Å². The molecule has 0 saturated heterocycles. The number of aryl methyl sites for hydroxylation is 1. The van der Waals surface area contributed by atoms with Gasteiger partial charge in [-0.15, -0.1) is 0 Å². The van der Waals surface area contributed by atoms with Gasteiger partial charge >= 0.3 is 0 Å². The second-order valence-corrected chi connectivity index (χ2v) is 5.49. The predicted molar refractivity (Wildman–Crippen MR) is 84.2 cm³/mol. The number of hydrogen-bond donors (Lipinski definition) is 2. The van der Waals surface area contributed by atoms with Crippen molar-refractivity contribution in [2.45, 2.75) is 32.4 Å². The lowest BCUT2D eigenvalue weighted by Gasteiger charge is -2.14. The molecule has 0 spiro atoms. The quantitative estimate of drug-likeness (QED) is 0.837. The predicted octanol–water partition coefficient (Wildman–Crippen LogP) is 4.16. The smallest absolute Gasteiger partial charge is 0.115 e. The normalized spacial score (nSPS) is 12.3. The summed E-state index contributed by atoms with van der Waals surface area (Å²) >= 11 is 6.13. The maximum absolute atomic E-state index is 9.25. The van der Waals surface area contributed by atoms with E-state index in [2.05, 4.69) is 12.2 Å². The highest BCUT2D eigenvalue weighted by atomic mass is 35.5. The summed E-state index contributed by atoms with van der Waals surface area (Å²) in [6.45, 7) is 2.97. The van der Waals surface area contributed by atoms with Crippen LogP contribution in [0.15, 0.2) is 48.5 Å². The SMILES string of the molecule is CC(CCc1ccc(O)cc1)NCc1ccccc1Cl. The second-order valence-electron chi connectivity index (χ2n) is 5.08. The van der Waals surface area contributed by atoms with Crippen molar-refractivity contribution in [3.63, 3.8) is 0 Å². The van der Waals surface area contributed by atoms with E-state index < -0.39 is 0 Å². The van der Waals surface area contributed by atoms with E-state index in [4.69, 9.17) is 11.6 Å². The van der Waals surface area contributed by atoms with E-state index in [1.807, 2.05) is 36.4 Å². The van der Waals surface area contributed by atoms with Crippen LogP contribution >= 0.6 is 11.6 Å². The van der Waals surface area contributed by atoms with Crippen molar-refractivity contribution < 1.29 is 5.11 Å². The van der Waals surface area contributed by atoms with Crippen molar-refractivity contribution in [1.29, 1.82) is 0 Å². The Morgan fingerprint density at radius 3 is 2.50 bits per heavy atom. The molecule has 106 valence electrons. The monoisotopic (exact) mass is 289 g/mol. The van der Waals surface area contributed by atoms with E-state index in [9.17, 15) is 5.11 Å². The molecule has 0 aliphatic heterocycles. The van der Waals surface area contributed by atoms with Gasteiger partial charge in [-0.1, -0.05) is 41.9 Å². The molecule has 3 heteroatoms. The molecular formula is C17H20ClNO. The average Bonchev–Trinajstić information content (AvgIpc) is 2.46. The third-order valence-corrected chi connectivity index (χ3v) is 3.77. The highest BCUT2D eigenvalue weighted by Gasteiger charge is 2.04. The molecule has 0 fully saturated rings. The topological polar surface area (TPSA) is 32.3 Å². The molecule has 1 atom stereocenters. The van der Waals surface area contributed by atoms with Gasteiger partial charge in [0.05, 0.1) is 0 Å². The summed E-state index contributed by atoms with van der Waals surface area (Å²) in [6.07, 6.45) is 2.05. The standard InChI is InChI=1S/C17H20ClNO/c1-13(6-7-14-8-10-16(20)11-9-14)19-12-15-4-2-3-5-17(15)18/h2-5,8-11,13,19-20H,6-7,12H2,1H3. The van der Waals surface area contributed by atoms with Crippen LogP contribution < -0.4 is 5.32 Å². The maximum Gasteiger partial charge on any atom is 0.115 e. The van der Waals surface area contributed by atoms with E-state index >= 15 is 0 Å². The molecule has 1 unspecified atom stereocenters. The van der Waals surface area contributed by atoms with E-state index in [-0.39, 0.29) is 0 Å². The van der Waals surface area contributed by atoms with Gasteiger partial charge in [0.25, 0.3) is 0 Å². The summed E-state index contributed by atoms with van der Waals surface area (Å²) in [7, 11) is 0. The molecule has 2 nitrogen and oxygen atoms in total. The Hall–Kier alpha value is -1.51. The van der Waals surface area contributed by atoms with Crippen molar-refractivity contribution >= 4 is 11.6 Å². The number of aromatic hydroxyl groups is 1. The van der Waals surface area contributed by atoms with Crippen molar-refractivity contribution in [2.75, 3.05) is 0 Å². The van der Waals surface area contributed by atoms with Crippen LogP contribution in [-0.4, -0.2) is 11.1 Å². The fourth-order valence-corrected chi connectivity index (χ4v) is 2.28.